The Bertz CT molecular complexity index is 992. The van der Waals surface area contributed by atoms with Crippen LogP contribution in [0.15, 0.2) is 48.5 Å². The summed E-state index contributed by atoms with van der Waals surface area (Å²) in [4.78, 5) is 4.69. The van der Waals surface area contributed by atoms with Crippen molar-refractivity contribution < 1.29 is 0 Å². The summed E-state index contributed by atoms with van der Waals surface area (Å²) in [6.45, 7) is 1.90. The molecule has 2 aromatic heterocycles. The zero-order valence-electron chi connectivity index (χ0n) is 11.8. The Morgan fingerprint density at radius 2 is 1.91 bits per heavy atom. The van der Waals surface area contributed by atoms with Crippen molar-refractivity contribution in [2.45, 2.75) is 6.92 Å². The molecular formula is C16H12ClN5. The molecule has 108 valence electrons. The Labute approximate surface area is 131 Å². The third-order valence-electron chi connectivity index (χ3n) is 3.49. The number of fused-ring (bicyclic) bond motifs is 3. The third-order valence-corrected chi connectivity index (χ3v) is 3.72. The van der Waals surface area contributed by atoms with Crippen molar-refractivity contribution in [3.05, 3.63) is 59.4 Å². The molecule has 1 N–H and O–H groups in total. The van der Waals surface area contributed by atoms with Gasteiger partial charge in [-0.15, -0.1) is 10.2 Å². The van der Waals surface area contributed by atoms with Gasteiger partial charge in [0.1, 0.15) is 5.82 Å². The normalized spacial score (nSPS) is 11.2. The molecule has 0 radical (unpaired) electrons. The van der Waals surface area contributed by atoms with Crippen LogP contribution in [0.25, 0.3) is 16.6 Å². The van der Waals surface area contributed by atoms with Crippen molar-refractivity contribution in [3.63, 3.8) is 0 Å². The van der Waals surface area contributed by atoms with Crippen LogP contribution in [0.1, 0.15) is 5.82 Å². The minimum atomic E-state index is 0.665. The molecule has 2 heterocycles. The van der Waals surface area contributed by atoms with E-state index in [-0.39, 0.29) is 0 Å². The minimum absolute atomic E-state index is 0.665. The molecular weight excluding hydrogens is 298 g/mol. The van der Waals surface area contributed by atoms with E-state index in [1.54, 1.807) is 0 Å². The van der Waals surface area contributed by atoms with E-state index in [0.29, 0.717) is 11.0 Å². The van der Waals surface area contributed by atoms with E-state index in [9.17, 15) is 0 Å². The highest BCUT2D eigenvalue weighted by Crippen LogP contribution is 2.24. The lowest BCUT2D eigenvalue weighted by Gasteiger charge is -2.10. The fourth-order valence-corrected chi connectivity index (χ4v) is 2.68. The maximum absolute atomic E-state index is 6.04. The van der Waals surface area contributed by atoms with Gasteiger partial charge in [0.2, 0.25) is 5.95 Å². The second kappa shape index (κ2) is 4.96. The number of benzene rings is 2. The fourth-order valence-electron chi connectivity index (χ4n) is 2.49. The van der Waals surface area contributed by atoms with Crippen molar-refractivity contribution in [2.24, 2.45) is 0 Å². The molecule has 0 saturated carbocycles. The van der Waals surface area contributed by atoms with E-state index >= 15 is 0 Å². The number of aryl methyl sites for hydroxylation is 1. The zero-order valence-corrected chi connectivity index (χ0v) is 12.5. The molecule has 0 saturated heterocycles. The van der Waals surface area contributed by atoms with Crippen molar-refractivity contribution in [1.82, 2.24) is 19.6 Å². The predicted molar refractivity (Wildman–Crippen MR) is 87.8 cm³/mol. The number of aromatic nitrogens is 4. The SMILES string of the molecule is Cc1nnc2c3ccccc3nc(Nc3cccc(Cl)c3)n12. The molecule has 4 aromatic rings. The van der Waals surface area contributed by atoms with Crippen LogP contribution in [-0.2, 0) is 0 Å². The van der Waals surface area contributed by atoms with Crippen molar-refractivity contribution in [3.8, 4) is 0 Å². The van der Waals surface area contributed by atoms with Gasteiger partial charge in [-0.3, -0.25) is 0 Å². The Balaban J connectivity index is 1.96. The zero-order chi connectivity index (χ0) is 15.1. The predicted octanol–water partition coefficient (Wildman–Crippen LogP) is 3.98. The standard InChI is InChI=1S/C16H12ClN5/c1-10-20-21-15-13-7-2-3-8-14(13)19-16(22(10)15)18-12-6-4-5-11(17)9-12/h2-9H,1H3,(H,18,19). The summed E-state index contributed by atoms with van der Waals surface area (Å²) in [5.74, 6) is 1.44. The van der Waals surface area contributed by atoms with Gasteiger partial charge in [0.05, 0.1) is 5.52 Å². The number of anilines is 2. The van der Waals surface area contributed by atoms with E-state index in [1.807, 2.05) is 59.9 Å². The van der Waals surface area contributed by atoms with Crippen LogP contribution in [0.3, 0.4) is 0 Å². The van der Waals surface area contributed by atoms with Crippen LogP contribution in [-0.4, -0.2) is 19.6 Å². The number of nitrogens with one attached hydrogen (secondary N) is 1. The first kappa shape index (κ1) is 13.0. The molecule has 0 aliphatic carbocycles. The Kier molecular flexibility index (Phi) is 2.94. The molecule has 0 spiro atoms. The van der Waals surface area contributed by atoms with Crippen LogP contribution in [0.2, 0.25) is 5.02 Å². The summed E-state index contributed by atoms with van der Waals surface area (Å²) < 4.78 is 1.91. The second-order valence-corrected chi connectivity index (χ2v) is 5.43. The topological polar surface area (TPSA) is 55.1 Å². The smallest absolute Gasteiger partial charge is 0.215 e. The van der Waals surface area contributed by atoms with Crippen molar-refractivity contribution in [2.75, 3.05) is 5.32 Å². The van der Waals surface area contributed by atoms with Crippen molar-refractivity contribution in [1.29, 1.82) is 0 Å². The molecule has 0 unspecified atom stereocenters. The second-order valence-electron chi connectivity index (χ2n) is 4.99. The highest BCUT2D eigenvalue weighted by Gasteiger charge is 2.12. The summed E-state index contributed by atoms with van der Waals surface area (Å²) >= 11 is 6.04. The minimum Gasteiger partial charge on any atom is -0.325 e. The van der Waals surface area contributed by atoms with Crippen molar-refractivity contribution >= 4 is 39.8 Å². The summed E-state index contributed by atoms with van der Waals surface area (Å²) in [7, 11) is 0. The lowest BCUT2D eigenvalue weighted by Crippen LogP contribution is -2.03. The van der Waals surface area contributed by atoms with Gasteiger partial charge in [0, 0.05) is 16.1 Å². The monoisotopic (exact) mass is 309 g/mol. The number of nitrogens with zero attached hydrogens (tertiary/aromatic N) is 4. The molecule has 6 heteroatoms. The first-order valence-electron chi connectivity index (χ1n) is 6.85. The Morgan fingerprint density at radius 1 is 1.05 bits per heavy atom. The van der Waals surface area contributed by atoms with Gasteiger partial charge in [0.25, 0.3) is 0 Å². The van der Waals surface area contributed by atoms with E-state index in [0.717, 1.165) is 28.1 Å². The molecule has 2 aromatic carbocycles. The number of rotatable bonds is 2. The lowest BCUT2D eigenvalue weighted by molar-refractivity contribution is 0.995. The van der Waals surface area contributed by atoms with E-state index in [1.165, 1.54) is 0 Å². The van der Waals surface area contributed by atoms with Crippen LogP contribution < -0.4 is 5.32 Å². The van der Waals surface area contributed by atoms with E-state index in [2.05, 4.69) is 15.5 Å². The Hall–Kier alpha value is -2.66. The molecule has 0 aliphatic rings. The van der Waals surface area contributed by atoms with Gasteiger partial charge in [-0.05, 0) is 37.3 Å². The molecule has 0 fully saturated rings. The van der Waals surface area contributed by atoms with Gasteiger partial charge in [-0.1, -0.05) is 29.8 Å². The van der Waals surface area contributed by atoms with Crippen LogP contribution >= 0.6 is 11.6 Å². The van der Waals surface area contributed by atoms with Gasteiger partial charge in [-0.2, -0.15) is 0 Å². The molecule has 0 bridgehead atoms. The first-order valence-corrected chi connectivity index (χ1v) is 7.23. The maximum atomic E-state index is 6.04. The molecule has 0 atom stereocenters. The third kappa shape index (κ3) is 2.07. The van der Waals surface area contributed by atoms with Crippen LogP contribution in [0.5, 0.6) is 0 Å². The first-order chi connectivity index (χ1) is 10.7. The van der Waals surface area contributed by atoms with E-state index in [4.69, 9.17) is 16.6 Å². The fraction of sp³-hybridized carbons (Fsp3) is 0.0625. The average Bonchev–Trinajstić information content (AvgIpc) is 2.90. The quantitative estimate of drug-likeness (QED) is 0.608. The molecule has 0 aliphatic heterocycles. The van der Waals surface area contributed by atoms with E-state index < -0.39 is 0 Å². The number of hydrogen-bond acceptors (Lipinski definition) is 4. The lowest BCUT2D eigenvalue weighted by atomic mass is 10.2. The molecule has 5 nitrogen and oxygen atoms in total. The van der Waals surface area contributed by atoms with Gasteiger partial charge in [-0.25, -0.2) is 9.38 Å². The van der Waals surface area contributed by atoms with Crippen LogP contribution in [0, 0.1) is 6.92 Å². The number of para-hydroxylation sites is 1. The average molecular weight is 310 g/mol. The van der Waals surface area contributed by atoms with Crippen LogP contribution in [0.4, 0.5) is 11.6 Å². The number of halogens is 1. The molecule has 4 rings (SSSR count). The van der Waals surface area contributed by atoms with Gasteiger partial charge >= 0.3 is 0 Å². The molecule has 22 heavy (non-hydrogen) atoms. The summed E-state index contributed by atoms with van der Waals surface area (Å²) in [5, 5.41) is 13.4. The summed E-state index contributed by atoms with van der Waals surface area (Å²) in [6, 6.07) is 15.4. The summed E-state index contributed by atoms with van der Waals surface area (Å²) in [6.07, 6.45) is 0. The summed E-state index contributed by atoms with van der Waals surface area (Å²) in [5.41, 5.74) is 2.52. The number of hydrogen-bond donors (Lipinski definition) is 1. The maximum Gasteiger partial charge on any atom is 0.215 e. The molecule has 0 amide bonds. The highest BCUT2D eigenvalue weighted by molar-refractivity contribution is 6.30. The highest BCUT2D eigenvalue weighted by atomic mass is 35.5. The largest absolute Gasteiger partial charge is 0.325 e. The van der Waals surface area contributed by atoms with Gasteiger partial charge in [0.15, 0.2) is 5.65 Å². The Morgan fingerprint density at radius 3 is 2.77 bits per heavy atom. The van der Waals surface area contributed by atoms with Gasteiger partial charge < -0.3 is 5.32 Å².